The molecule has 0 amide bonds. The summed E-state index contributed by atoms with van der Waals surface area (Å²) < 4.78 is 0. The minimum Gasteiger partial charge on any atom is -0.342 e. The van der Waals surface area contributed by atoms with Crippen LogP contribution in [-0.4, -0.2) is 29.3 Å². The van der Waals surface area contributed by atoms with E-state index in [1.165, 1.54) is 19.3 Å². The Morgan fingerprint density at radius 2 is 2.29 bits per heavy atom. The first kappa shape index (κ1) is 9.86. The Bertz CT molecular complexity index is 295. The Kier molecular flexibility index (Phi) is 2.98. The smallest absolute Gasteiger partial charge is 0.208 e. The molecule has 1 saturated carbocycles. The third-order valence-corrected chi connectivity index (χ3v) is 3.52. The zero-order chi connectivity index (χ0) is 9.97. The third-order valence-electron chi connectivity index (χ3n) is 2.65. The number of hydrogen-bond donors (Lipinski definition) is 1. The summed E-state index contributed by atoms with van der Waals surface area (Å²) >= 11 is 1.66. The van der Waals surface area contributed by atoms with Gasteiger partial charge in [-0.2, -0.15) is 0 Å². The van der Waals surface area contributed by atoms with Crippen LogP contribution in [0.15, 0.2) is 0 Å². The normalized spacial score (nSPS) is 16.7. The average molecular weight is 212 g/mol. The fraction of sp³-hybridized carbons (Fsp3) is 0.778. The summed E-state index contributed by atoms with van der Waals surface area (Å²) in [7, 11) is 0. The Morgan fingerprint density at radius 1 is 1.50 bits per heavy atom. The molecule has 4 nitrogen and oxygen atoms in total. The van der Waals surface area contributed by atoms with Crippen molar-refractivity contribution in [1.82, 2.24) is 10.2 Å². The highest BCUT2D eigenvalue weighted by Gasteiger charge is 2.26. The quantitative estimate of drug-likeness (QED) is 0.814. The van der Waals surface area contributed by atoms with Gasteiger partial charge in [0, 0.05) is 19.1 Å². The van der Waals surface area contributed by atoms with Gasteiger partial charge in [0.25, 0.3) is 0 Å². The van der Waals surface area contributed by atoms with E-state index >= 15 is 0 Å². The molecule has 0 saturated heterocycles. The highest BCUT2D eigenvalue weighted by atomic mass is 32.1. The Morgan fingerprint density at radius 3 is 2.71 bits per heavy atom. The maximum atomic E-state index is 5.60. The van der Waals surface area contributed by atoms with E-state index in [-0.39, 0.29) is 0 Å². The molecule has 78 valence electrons. The fourth-order valence-corrected chi connectivity index (χ4v) is 2.46. The molecular formula is C9H16N4S. The van der Waals surface area contributed by atoms with E-state index in [4.69, 9.17) is 5.73 Å². The molecule has 0 bridgehead atoms. The van der Waals surface area contributed by atoms with Gasteiger partial charge in [-0.05, 0) is 26.2 Å². The molecule has 1 aromatic rings. The second kappa shape index (κ2) is 4.23. The van der Waals surface area contributed by atoms with E-state index in [2.05, 4.69) is 15.1 Å². The molecule has 0 unspecified atom stereocenters. The lowest BCUT2D eigenvalue weighted by molar-refractivity contribution is 0.387. The third kappa shape index (κ3) is 1.88. The predicted molar refractivity (Wildman–Crippen MR) is 58.7 cm³/mol. The van der Waals surface area contributed by atoms with E-state index in [0.717, 1.165) is 16.7 Å². The molecule has 1 aromatic heterocycles. The number of hydrogen-bond acceptors (Lipinski definition) is 5. The zero-order valence-electron chi connectivity index (χ0n) is 8.44. The van der Waals surface area contributed by atoms with Crippen LogP contribution in [-0.2, 0) is 0 Å². The molecule has 0 aromatic carbocycles. The lowest BCUT2D eigenvalue weighted by Gasteiger charge is -2.36. The number of aromatic nitrogens is 2. The lowest BCUT2D eigenvalue weighted by Crippen LogP contribution is -2.43. The van der Waals surface area contributed by atoms with Crippen LogP contribution >= 0.6 is 11.3 Å². The van der Waals surface area contributed by atoms with Crippen molar-refractivity contribution in [2.75, 3.05) is 18.0 Å². The monoisotopic (exact) mass is 212 g/mol. The first-order valence-corrected chi connectivity index (χ1v) is 5.89. The van der Waals surface area contributed by atoms with Gasteiger partial charge in [-0.3, -0.25) is 0 Å². The lowest BCUT2D eigenvalue weighted by atomic mass is 9.92. The highest BCUT2D eigenvalue weighted by Crippen LogP contribution is 2.30. The predicted octanol–water partition coefficient (Wildman–Crippen LogP) is 1.16. The zero-order valence-corrected chi connectivity index (χ0v) is 9.26. The summed E-state index contributed by atoms with van der Waals surface area (Å²) in [5, 5.41) is 10.3. The number of nitrogens with zero attached hydrogens (tertiary/aromatic N) is 3. The molecule has 1 aliphatic carbocycles. The maximum absolute atomic E-state index is 5.60. The Labute approximate surface area is 88.1 Å². The van der Waals surface area contributed by atoms with E-state index in [0.29, 0.717) is 12.6 Å². The maximum Gasteiger partial charge on any atom is 0.208 e. The molecule has 14 heavy (non-hydrogen) atoms. The first-order valence-electron chi connectivity index (χ1n) is 5.08. The van der Waals surface area contributed by atoms with Crippen LogP contribution in [0.2, 0.25) is 0 Å². The van der Waals surface area contributed by atoms with Crippen LogP contribution in [0.3, 0.4) is 0 Å². The minimum atomic E-state index is 0.658. The van der Waals surface area contributed by atoms with Gasteiger partial charge in [0.15, 0.2) is 0 Å². The standard InChI is InChI=1S/C9H16N4S/c1-7-11-12-9(14-7)13(6-5-10)8-3-2-4-8/h8H,2-6,10H2,1H3. The summed E-state index contributed by atoms with van der Waals surface area (Å²) in [6.45, 7) is 3.58. The molecule has 0 aliphatic heterocycles. The molecule has 1 aliphatic rings. The summed E-state index contributed by atoms with van der Waals surface area (Å²) in [6, 6.07) is 0.658. The SMILES string of the molecule is Cc1nnc(N(CCN)C2CCC2)s1. The van der Waals surface area contributed by atoms with Gasteiger partial charge in [0.1, 0.15) is 5.01 Å². The van der Waals surface area contributed by atoms with Crippen LogP contribution in [0, 0.1) is 6.92 Å². The van der Waals surface area contributed by atoms with Crippen molar-refractivity contribution in [1.29, 1.82) is 0 Å². The molecule has 1 fully saturated rings. The summed E-state index contributed by atoms with van der Waals surface area (Å²) in [5.74, 6) is 0. The van der Waals surface area contributed by atoms with Crippen molar-refractivity contribution in [2.24, 2.45) is 5.73 Å². The van der Waals surface area contributed by atoms with Crippen molar-refractivity contribution in [3.63, 3.8) is 0 Å². The number of aryl methyl sites for hydroxylation is 1. The van der Waals surface area contributed by atoms with Crippen LogP contribution in [0.25, 0.3) is 0 Å². The van der Waals surface area contributed by atoms with Gasteiger partial charge < -0.3 is 10.6 Å². The van der Waals surface area contributed by atoms with E-state index < -0.39 is 0 Å². The summed E-state index contributed by atoms with van der Waals surface area (Å²) in [5.41, 5.74) is 5.60. The molecule has 2 N–H and O–H groups in total. The molecule has 0 radical (unpaired) electrons. The van der Waals surface area contributed by atoms with Gasteiger partial charge in [-0.25, -0.2) is 0 Å². The summed E-state index contributed by atoms with van der Waals surface area (Å²) in [4.78, 5) is 2.31. The highest BCUT2D eigenvalue weighted by molar-refractivity contribution is 7.15. The van der Waals surface area contributed by atoms with Crippen molar-refractivity contribution in [3.05, 3.63) is 5.01 Å². The number of nitrogens with two attached hydrogens (primary N) is 1. The van der Waals surface area contributed by atoms with Gasteiger partial charge >= 0.3 is 0 Å². The van der Waals surface area contributed by atoms with E-state index in [1.807, 2.05) is 6.92 Å². The molecule has 0 spiro atoms. The molecule has 5 heteroatoms. The fourth-order valence-electron chi connectivity index (χ4n) is 1.67. The van der Waals surface area contributed by atoms with Gasteiger partial charge in [-0.15, -0.1) is 10.2 Å². The van der Waals surface area contributed by atoms with Crippen molar-refractivity contribution in [2.45, 2.75) is 32.2 Å². The van der Waals surface area contributed by atoms with Crippen LogP contribution in [0.5, 0.6) is 0 Å². The van der Waals surface area contributed by atoms with Gasteiger partial charge in [0.2, 0.25) is 5.13 Å². The van der Waals surface area contributed by atoms with E-state index in [9.17, 15) is 0 Å². The molecule has 1 heterocycles. The Balaban J connectivity index is 2.09. The van der Waals surface area contributed by atoms with Crippen molar-refractivity contribution >= 4 is 16.5 Å². The molecular weight excluding hydrogens is 196 g/mol. The number of rotatable bonds is 4. The largest absolute Gasteiger partial charge is 0.342 e. The minimum absolute atomic E-state index is 0.658. The number of anilines is 1. The Hall–Kier alpha value is -0.680. The topological polar surface area (TPSA) is 55.0 Å². The first-order chi connectivity index (χ1) is 6.81. The van der Waals surface area contributed by atoms with Crippen LogP contribution in [0.4, 0.5) is 5.13 Å². The second-order valence-corrected chi connectivity index (χ2v) is 4.83. The van der Waals surface area contributed by atoms with Gasteiger partial charge in [0.05, 0.1) is 0 Å². The van der Waals surface area contributed by atoms with E-state index in [1.54, 1.807) is 11.3 Å². The van der Waals surface area contributed by atoms with Crippen molar-refractivity contribution in [3.8, 4) is 0 Å². The molecule has 2 rings (SSSR count). The average Bonchev–Trinajstić information content (AvgIpc) is 2.48. The van der Waals surface area contributed by atoms with Crippen LogP contribution < -0.4 is 10.6 Å². The summed E-state index contributed by atoms with van der Waals surface area (Å²) in [6.07, 6.45) is 3.89. The van der Waals surface area contributed by atoms with Crippen LogP contribution in [0.1, 0.15) is 24.3 Å². The van der Waals surface area contributed by atoms with Crippen molar-refractivity contribution < 1.29 is 0 Å². The second-order valence-electron chi connectivity index (χ2n) is 3.67. The van der Waals surface area contributed by atoms with Gasteiger partial charge in [-0.1, -0.05) is 11.3 Å². The molecule has 0 atom stereocenters.